The van der Waals surface area contributed by atoms with Gasteiger partial charge in [-0.2, -0.15) is 17.0 Å². The van der Waals surface area contributed by atoms with Gasteiger partial charge in [0.05, 0.1) is 5.92 Å². The summed E-state index contributed by atoms with van der Waals surface area (Å²) < 4.78 is 29.6. The Morgan fingerprint density at radius 1 is 0.906 bits per heavy atom. The standard InChI is InChI=1S/C23H35ClN4O3S/c1-19-8-9-21(24)17-22(19)25-13-15-26(16-14-25)23(29)20-7-6-12-28(18-20)32(30,31)27-10-4-2-3-5-11-27/h8-9,17,20H,2-7,10-16,18H2,1H3. The van der Waals surface area contributed by atoms with Crippen LogP contribution in [0.4, 0.5) is 5.69 Å². The number of piperazine rings is 1. The maximum Gasteiger partial charge on any atom is 0.281 e. The van der Waals surface area contributed by atoms with E-state index >= 15 is 0 Å². The molecule has 3 aliphatic rings. The molecule has 0 N–H and O–H groups in total. The lowest BCUT2D eigenvalue weighted by Crippen LogP contribution is -2.54. The maximum atomic E-state index is 13.3. The number of carbonyl (C=O) groups is 1. The molecular weight excluding hydrogens is 448 g/mol. The summed E-state index contributed by atoms with van der Waals surface area (Å²) in [7, 11) is -3.48. The molecule has 3 saturated heterocycles. The van der Waals surface area contributed by atoms with Gasteiger partial charge in [0.25, 0.3) is 10.2 Å². The first-order valence-corrected chi connectivity index (χ1v) is 13.7. The number of hydrogen-bond acceptors (Lipinski definition) is 4. The van der Waals surface area contributed by atoms with Crippen molar-refractivity contribution in [1.29, 1.82) is 0 Å². The quantitative estimate of drug-likeness (QED) is 0.661. The minimum Gasteiger partial charge on any atom is -0.368 e. The van der Waals surface area contributed by atoms with E-state index < -0.39 is 10.2 Å². The Morgan fingerprint density at radius 2 is 1.56 bits per heavy atom. The lowest BCUT2D eigenvalue weighted by atomic mass is 9.97. The highest BCUT2D eigenvalue weighted by molar-refractivity contribution is 7.86. The molecule has 178 valence electrons. The summed E-state index contributed by atoms with van der Waals surface area (Å²) in [5.74, 6) is -0.145. The number of anilines is 1. The number of carbonyl (C=O) groups excluding carboxylic acids is 1. The smallest absolute Gasteiger partial charge is 0.281 e. The second-order valence-electron chi connectivity index (χ2n) is 9.26. The lowest BCUT2D eigenvalue weighted by molar-refractivity contribution is -0.137. The molecule has 0 saturated carbocycles. The number of benzene rings is 1. The molecule has 4 rings (SSSR count). The number of hydrogen-bond donors (Lipinski definition) is 0. The van der Waals surface area contributed by atoms with Gasteiger partial charge in [-0.25, -0.2) is 0 Å². The average Bonchev–Trinajstić information content (AvgIpc) is 3.11. The SMILES string of the molecule is Cc1ccc(Cl)cc1N1CCN(C(=O)C2CCCN(S(=O)(=O)N3CCCCCC3)C2)CC1. The van der Waals surface area contributed by atoms with Crippen molar-refractivity contribution in [2.45, 2.75) is 45.4 Å². The van der Waals surface area contributed by atoms with Gasteiger partial charge in [-0.1, -0.05) is 30.5 Å². The molecule has 3 aliphatic heterocycles. The monoisotopic (exact) mass is 482 g/mol. The first kappa shape index (κ1) is 23.8. The predicted octanol–water partition coefficient (Wildman–Crippen LogP) is 3.13. The van der Waals surface area contributed by atoms with Crippen molar-refractivity contribution in [3.05, 3.63) is 28.8 Å². The molecule has 0 spiro atoms. The Labute approximate surface area is 197 Å². The molecule has 32 heavy (non-hydrogen) atoms. The topological polar surface area (TPSA) is 64.2 Å². The van der Waals surface area contributed by atoms with Gasteiger partial charge in [-0.05, 0) is 50.3 Å². The van der Waals surface area contributed by atoms with Gasteiger partial charge in [0.2, 0.25) is 5.91 Å². The summed E-state index contributed by atoms with van der Waals surface area (Å²) in [4.78, 5) is 17.5. The van der Waals surface area contributed by atoms with Crippen LogP contribution in [0.3, 0.4) is 0 Å². The van der Waals surface area contributed by atoms with Crippen molar-refractivity contribution in [1.82, 2.24) is 13.5 Å². The van der Waals surface area contributed by atoms with Crippen LogP contribution in [0.25, 0.3) is 0 Å². The van der Waals surface area contributed by atoms with Crippen molar-refractivity contribution in [3.8, 4) is 0 Å². The number of amides is 1. The van der Waals surface area contributed by atoms with Crippen LogP contribution in [0.15, 0.2) is 18.2 Å². The average molecular weight is 483 g/mol. The zero-order valence-corrected chi connectivity index (χ0v) is 20.6. The molecular formula is C23H35ClN4O3S. The van der Waals surface area contributed by atoms with Gasteiger partial charge in [-0.15, -0.1) is 0 Å². The molecule has 0 aliphatic carbocycles. The Kier molecular flexibility index (Phi) is 7.65. The van der Waals surface area contributed by atoms with E-state index in [9.17, 15) is 13.2 Å². The predicted molar refractivity (Wildman–Crippen MR) is 128 cm³/mol. The number of halogens is 1. The van der Waals surface area contributed by atoms with E-state index in [4.69, 9.17) is 11.6 Å². The number of aryl methyl sites for hydroxylation is 1. The molecule has 1 amide bonds. The second kappa shape index (κ2) is 10.3. The van der Waals surface area contributed by atoms with Crippen molar-refractivity contribution < 1.29 is 13.2 Å². The molecule has 3 heterocycles. The third-order valence-electron chi connectivity index (χ3n) is 7.05. The van der Waals surface area contributed by atoms with Gasteiger partial charge < -0.3 is 9.80 Å². The molecule has 0 bridgehead atoms. The zero-order valence-electron chi connectivity index (χ0n) is 19.0. The zero-order chi connectivity index (χ0) is 22.7. The fourth-order valence-corrected chi connectivity index (χ4v) is 7.08. The summed E-state index contributed by atoms with van der Waals surface area (Å²) in [5.41, 5.74) is 2.30. The third-order valence-corrected chi connectivity index (χ3v) is 9.29. The minimum absolute atomic E-state index is 0.100. The normalized spacial score (nSPS) is 24.4. The summed E-state index contributed by atoms with van der Waals surface area (Å²) in [6, 6.07) is 5.91. The van der Waals surface area contributed by atoms with E-state index in [2.05, 4.69) is 11.8 Å². The molecule has 1 atom stereocenters. The Hall–Kier alpha value is -1.35. The van der Waals surface area contributed by atoms with E-state index in [0.29, 0.717) is 39.3 Å². The van der Waals surface area contributed by atoms with E-state index in [0.717, 1.165) is 62.3 Å². The van der Waals surface area contributed by atoms with E-state index in [1.165, 1.54) is 5.56 Å². The minimum atomic E-state index is -3.48. The largest absolute Gasteiger partial charge is 0.368 e. The van der Waals surface area contributed by atoms with Crippen LogP contribution in [0.1, 0.15) is 44.1 Å². The summed E-state index contributed by atoms with van der Waals surface area (Å²) in [6.45, 7) is 6.93. The van der Waals surface area contributed by atoms with Crippen molar-refractivity contribution in [2.75, 3.05) is 57.3 Å². The van der Waals surface area contributed by atoms with Gasteiger partial charge in [-0.3, -0.25) is 4.79 Å². The Bertz CT molecular complexity index is 910. The number of piperidine rings is 1. The van der Waals surface area contributed by atoms with Crippen LogP contribution in [-0.2, 0) is 15.0 Å². The van der Waals surface area contributed by atoms with Crippen LogP contribution in [-0.4, -0.2) is 80.2 Å². The van der Waals surface area contributed by atoms with Gasteiger partial charge in [0, 0.05) is 63.1 Å². The summed E-state index contributed by atoms with van der Waals surface area (Å²) >= 11 is 6.18. The van der Waals surface area contributed by atoms with Crippen LogP contribution in [0.2, 0.25) is 5.02 Å². The Balaban J connectivity index is 1.36. The fraction of sp³-hybridized carbons (Fsp3) is 0.696. The number of rotatable bonds is 4. The van der Waals surface area contributed by atoms with Crippen molar-refractivity contribution >= 4 is 33.4 Å². The molecule has 7 nitrogen and oxygen atoms in total. The van der Waals surface area contributed by atoms with Crippen LogP contribution < -0.4 is 4.90 Å². The van der Waals surface area contributed by atoms with Crippen LogP contribution in [0.5, 0.6) is 0 Å². The van der Waals surface area contributed by atoms with Crippen molar-refractivity contribution in [3.63, 3.8) is 0 Å². The molecule has 1 unspecified atom stereocenters. The van der Waals surface area contributed by atoms with E-state index in [1.807, 2.05) is 23.1 Å². The number of nitrogens with zero attached hydrogens (tertiary/aromatic N) is 4. The second-order valence-corrected chi connectivity index (χ2v) is 11.6. The molecule has 0 radical (unpaired) electrons. The van der Waals surface area contributed by atoms with Gasteiger partial charge in [0.1, 0.15) is 0 Å². The lowest BCUT2D eigenvalue weighted by Gasteiger charge is -2.40. The molecule has 0 aromatic heterocycles. The highest BCUT2D eigenvalue weighted by atomic mass is 35.5. The van der Waals surface area contributed by atoms with E-state index in [-0.39, 0.29) is 11.8 Å². The van der Waals surface area contributed by atoms with E-state index in [1.54, 1.807) is 8.61 Å². The van der Waals surface area contributed by atoms with Crippen molar-refractivity contribution in [2.24, 2.45) is 5.92 Å². The first-order chi connectivity index (χ1) is 15.4. The fourth-order valence-electron chi connectivity index (χ4n) is 5.14. The summed E-state index contributed by atoms with van der Waals surface area (Å²) in [6.07, 6.45) is 5.53. The Morgan fingerprint density at radius 3 is 2.25 bits per heavy atom. The summed E-state index contributed by atoms with van der Waals surface area (Å²) in [5, 5.41) is 0.719. The van der Waals surface area contributed by atoms with Crippen LogP contribution >= 0.6 is 11.6 Å². The van der Waals surface area contributed by atoms with Gasteiger partial charge >= 0.3 is 0 Å². The highest BCUT2D eigenvalue weighted by Crippen LogP contribution is 2.27. The maximum absolute atomic E-state index is 13.3. The first-order valence-electron chi connectivity index (χ1n) is 11.9. The molecule has 1 aromatic rings. The molecule has 3 fully saturated rings. The molecule has 9 heteroatoms. The van der Waals surface area contributed by atoms with Gasteiger partial charge in [0.15, 0.2) is 0 Å². The third kappa shape index (κ3) is 5.24. The highest BCUT2D eigenvalue weighted by Gasteiger charge is 2.37. The van der Waals surface area contributed by atoms with Crippen LogP contribution in [0, 0.1) is 12.8 Å². The molecule has 1 aromatic carbocycles.